The van der Waals surface area contributed by atoms with Crippen LogP contribution in [0.25, 0.3) is 0 Å². The molecule has 0 rings (SSSR count). The predicted octanol–water partition coefficient (Wildman–Crippen LogP) is -1.55. The first kappa shape index (κ1) is 29.5. The molecule has 0 saturated heterocycles. The van der Waals surface area contributed by atoms with E-state index in [1.807, 2.05) is 0 Å². The average molecular weight is 365 g/mol. The summed E-state index contributed by atoms with van der Waals surface area (Å²) in [5.74, 6) is 0. The van der Waals surface area contributed by atoms with Crippen LogP contribution in [0.1, 0.15) is 0 Å². The van der Waals surface area contributed by atoms with Gasteiger partial charge in [0.25, 0.3) is 0 Å². The molecule has 0 heterocycles. The Kier molecular flexibility index (Phi) is 61.6. The van der Waals surface area contributed by atoms with Gasteiger partial charge in [-0.3, -0.25) is 0 Å². The van der Waals surface area contributed by atoms with Crippen LogP contribution in [0.4, 0.5) is 0 Å². The Morgan fingerprint density at radius 2 is 1.00 bits per heavy atom. The molecule has 0 atom stereocenters. The summed E-state index contributed by atoms with van der Waals surface area (Å²) in [6.45, 7) is 1.19. The van der Waals surface area contributed by atoms with Gasteiger partial charge in [-0.15, -0.1) is 0 Å². The predicted molar refractivity (Wildman–Crippen MR) is 66.4 cm³/mol. The van der Waals surface area contributed by atoms with Crippen molar-refractivity contribution in [2.75, 3.05) is 13.1 Å². The summed E-state index contributed by atoms with van der Waals surface area (Å²) in [7, 11) is 0. The van der Waals surface area contributed by atoms with Gasteiger partial charge in [-0.25, -0.2) is 0 Å². The monoisotopic (exact) mass is 363 g/mol. The fraction of sp³-hybridized carbons (Fsp3) is 0.500. The molecule has 0 aromatic heterocycles. The second-order valence-electron chi connectivity index (χ2n) is 1.22. The normalized spacial score (nSPS) is 5.57. The van der Waals surface area contributed by atoms with E-state index in [4.69, 9.17) is 11.5 Å². The molecular weight excluding hydrogens is 353 g/mol. The molecule has 0 aliphatic rings. The zero-order chi connectivity index (χ0) is 10.6. The van der Waals surface area contributed by atoms with Crippen molar-refractivity contribution in [1.82, 2.24) is 0 Å². The summed E-state index contributed by atoms with van der Waals surface area (Å²) < 4.78 is 0.167. The van der Waals surface area contributed by atoms with Gasteiger partial charge in [0.1, 0.15) is 0 Å². The van der Waals surface area contributed by atoms with Gasteiger partial charge in [0.15, 0.2) is 0 Å². The van der Waals surface area contributed by atoms with Crippen LogP contribution in [-0.4, -0.2) is 21.7 Å². The minimum atomic E-state index is 0. The smallest absolute Gasteiger partial charge is 0.415 e. The quantitative estimate of drug-likeness (QED) is 0.252. The molecule has 4 nitrogen and oxygen atoms in total. The molecule has 79 valence electrons. The van der Waals surface area contributed by atoms with Gasteiger partial charge in [0.2, 0.25) is 0 Å². The van der Waals surface area contributed by atoms with Crippen LogP contribution >= 0.6 is 24.4 Å². The first-order valence-corrected chi connectivity index (χ1v) is 4.34. The summed E-state index contributed by atoms with van der Waals surface area (Å²) in [6, 6.07) is 0. The molecule has 0 spiro atoms. The van der Waals surface area contributed by atoms with Crippen molar-refractivity contribution >= 4 is 58.3 Å². The van der Waals surface area contributed by atoms with Crippen LogP contribution in [0.3, 0.4) is 0 Å². The molecule has 0 aliphatic carbocycles. The Balaban J connectivity index is -0.0000000270. The molecule has 0 aromatic rings. The first-order chi connectivity index (χ1) is 5.38. The molecule has 0 fully saturated rings. The van der Waals surface area contributed by atoms with E-state index >= 15 is 0 Å². The summed E-state index contributed by atoms with van der Waals surface area (Å²) in [5, 5.41) is 0. The van der Waals surface area contributed by atoms with Crippen molar-refractivity contribution < 1.29 is 36.5 Å². The first-order valence-electron chi connectivity index (χ1n) is 2.71. The fourth-order valence-corrected chi connectivity index (χ4v) is 0. The standard InChI is InChI=1S/C2H8N2.2CH3NS2.Mn.Zn/c3-1-2-4;2*2-1(3)4;;/h1-4H2;2*(H3,2,3,4);;/q;;;2*+2/p-2. The molecule has 8 N–H and O–H groups in total. The topological polar surface area (TPSA) is 104 Å². The molecule has 0 amide bonds. The second-order valence-corrected chi connectivity index (χ2v) is 3.49. The van der Waals surface area contributed by atoms with Gasteiger partial charge in [0.05, 0.1) is 0 Å². The third-order valence-corrected chi connectivity index (χ3v) is 0.167. The third-order valence-electron chi connectivity index (χ3n) is 0.167. The van der Waals surface area contributed by atoms with Crippen molar-refractivity contribution in [3.63, 3.8) is 0 Å². The van der Waals surface area contributed by atoms with Crippen LogP contribution in [-0.2, 0) is 61.8 Å². The Hall–Kier alpha value is 1.28. The summed E-state index contributed by atoms with van der Waals surface area (Å²) in [6.07, 6.45) is 0. The SMILES string of the molecule is NC(=S)[S-].NC(=S)[S-].NCCN.[Mn+2].[Zn+2]. The van der Waals surface area contributed by atoms with E-state index in [9.17, 15) is 0 Å². The van der Waals surface area contributed by atoms with E-state index in [1.54, 1.807) is 0 Å². The van der Waals surface area contributed by atoms with Crippen molar-refractivity contribution in [2.24, 2.45) is 22.9 Å². The average Bonchev–Trinajstić information content (AvgIpc) is 1.85. The second kappa shape index (κ2) is 29.2. The largest absolute Gasteiger partial charge is 2.00 e. The number of hydrogen-bond acceptors (Lipinski definition) is 6. The minimum absolute atomic E-state index is 0. The molecule has 0 saturated carbocycles. The van der Waals surface area contributed by atoms with E-state index < -0.39 is 0 Å². The molecule has 1 radical (unpaired) electrons. The Morgan fingerprint density at radius 3 is 1.00 bits per heavy atom. The molecule has 0 aromatic carbocycles. The van der Waals surface area contributed by atoms with E-state index in [-0.39, 0.29) is 45.2 Å². The van der Waals surface area contributed by atoms with Crippen molar-refractivity contribution in [2.45, 2.75) is 0 Å². The zero-order valence-corrected chi connectivity index (χ0v) is 14.9. The summed E-state index contributed by atoms with van der Waals surface area (Å²) in [5.41, 5.74) is 19.1. The molecule has 10 heteroatoms. The van der Waals surface area contributed by atoms with Gasteiger partial charge in [-0.1, -0.05) is 8.64 Å². The number of rotatable bonds is 1. The van der Waals surface area contributed by atoms with E-state index in [2.05, 4.69) is 61.2 Å². The maximum Gasteiger partial charge on any atom is 2.00 e. The fourth-order valence-electron chi connectivity index (χ4n) is 0. The molecule has 14 heavy (non-hydrogen) atoms. The van der Waals surface area contributed by atoms with Crippen molar-refractivity contribution in [3.8, 4) is 0 Å². The molecule has 0 aliphatic heterocycles. The van der Waals surface area contributed by atoms with E-state index in [1.165, 1.54) is 0 Å². The Morgan fingerprint density at radius 1 is 0.929 bits per heavy atom. The van der Waals surface area contributed by atoms with Crippen LogP contribution in [0.2, 0.25) is 0 Å². The van der Waals surface area contributed by atoms with E-state index in [0.717, 1.165) is 0 Å². The maximum atomic E-state index is 4.90. The van der Waals surface area contributed by atoms with Crippen LogP contribution < -0.4 is 22.9 Å². The summed E-state index contributed by atoms with van der Waals surface area (Å²) >= 11 is 16.5. The zero-order valence-electron chi connectivity index (χ0n) is 7.44. The number of hydrogen-bond donors (Lipinski definition) is 4. The van der Waals surface area contributed by atoms with Crippen LogP contribution in [0.5, 0.6) is 0 Å². The van der Waals surface area contributed by atoms with Gasteiger partial charge in [-0.05, 0) is 0 Å². The molecule has 0 unspecified atom stereocenters. The minimum Gasteiger partial charge on any atom is -0.415 e. The van der Waals surface area contributed by atoms with E-state index in [0.29, 0.717) is 13.1 Å². The van der Waals surface area contributed by atoms with Crippen LogP contribution in [0.15, 0.2) is 0 Å². The van der Waals surface area contributed by atoms with Crippen molar-refractivity contribution in [3.05, 3.63) is 0 Å². The van der Waals surface area contributed by atoms with Crippen molar-refractivity contribution in [1.29, 1.82) is 0 Å². The summed E-state index contributed by atoms with van der Waals surface area (Å²) in [4.78, 5) is 0. The Bertz CT molecular complexity index is 106. The number of thiocarbonyl (C=S) groups is 2. The number of nitrogens with two attached hydrogens (primary N) is 4. The molecular formula is C4H12MnN4S4Zn+2. The van der Waals surface area contributed by atoms with Gasteiger partial charge in [0, 0.05) is 13.1 Å². The van der Waals surface area contributed by atoms with Gasteiger partial charge < -0.3 is 72.6 Å². The van der Waals surface area contributed by atoms with Gasteiger partial charge in [-0.2, -0.15) is 0 Å². The molecule has 0 bridgehead atoms. The van der Waals surface area contributed by atoms with Gasteiger partial charge >= 0.3 is 36.5 Å². The Labute approximate surface area is 130 Å². The maximum absolute atomic E-state index is 4.90. The third kappa shape index (κ3) is 385. The van der Waals surface area contributed by atoms with Crippen LogP contribution in [0, 0.1) is 0 Å².